The summed E-state index contributed by atoms with van der Waals surface area (Å²) in [4.78, 5) is 19.9. The number of benzene rings is 1. The summed E-state index contributed by atoms with van der Waals surface area (Å²) >= 11 is 0. The average Bonchev–Trinajstić information content (AvgIpc) is 2.99. The first-order valence-corrected chi connectivity index (χ1v) is 8.21. The third kappa shape index (κ3) is 4.52. The molecule has 2 aliphatic heterocycles. The van der Waals surface area contributed by atoms with Crippen molar-refractivity contribution < 1.29 is 9.53 Å². The number of nitrogens with two attached hydrogens (primary N) is 1. The van der Waals surface area contributed by atoms with Gasteiger partial charge in [-0.1, -0.05) is 19.1 Å². The van der Waals surface area contributed by atoms with E-state index < -0.39 is 0 Å². The summed E-state index contributed by atoms with van der Waals surface area (Å²) in [6.45, 7) is 5.86. The van der Waals surface area contributed by atoms with E-state index in [-0.39, 0.29) is 30.1 Å². The van der Waals surface area contributed by atoms with Crippen LogP contribution in [-0.2, 0) is 11.3 Å². The molecule has 2 fully saturated rings. The van der Waals surface area contributed by atoms with Gasteiger partial charge >= 0.3 is 6.09 Å². The second-order valence-corrected chi connectivity index (χ2v) is 6.30. The van der Waals surface area contributed by atoms with E-state index in [0.29, 0.717) is 31.6 Å². The van der Waals surface area contributed by atoms with E-state index in [9.17, 15) is 4.79 Å². The molecular weight excluding hydrogens is 419 g/mol. The van der Waals surface area contributed by atoms with Crippen molar-refractivity contribution in [1.29, 1.82) is 0 Å². The van der Waals surface area contributed by atoms with Crippen LogP contribution in [0.15, 0.2) is 29.3 Å². The molecule has 2 heterocycles. The van der Waals surface area contributed by atoms with E-state index in [2.05, 4.69) is 16.8 Å². The number of likely N-dealkylation sites (tertiary alicyclic amines) is 1. The Kier molecular flexibility index (Phi) is 6.70. The number of ether oxygens (including phenoxy) is 1. The standard InChI is InChI=1S/C17H24N4O2.HI/c1-13-3-2-8-20(12-13)16(18)19-11-14-4-6-15(7-5-14)21-9-10-23-17(21)22;/h4-7,13H,2-3,8-12H2,1H3,(H2,18,19);1H. The highest BCUT2D eigenvalue weighted by atomic mass is 127. The average molecular weight is 444 g/mol. The molecule has 2 N–H and O–H groups in total. The molecule has 0 aliphatic carbocycles. The SMILES string of the molecule is CC1CCCN(C(N)=NCc2ccc(N3CCOC3=O)cc2)C1.I. The lowest BCUT2D eigenvalue weighted by Crippen LogP contribution is -2.43. The molecular formula is C17H25IN4O2. The Balaban J connectivity index is 0.00000208. The Morgan fingerprint density at radius 1 is 1.33 bits per heavy atom. The van der Waals surface area contributed by atoms with E-state index >= 15 is 0 Å². The van der Waals surface area contributed by atoms with Gasteiger partial charge in [-0.15, -0.1) is 24.0 Å². The van der Waals surface area contributed by atoms with Crippen molar-refractivity contribution in [3.63, 3.8) is 0 Å². The molecule has 24 heavy (non-hydrogen) atoms. The van der Waals surface area contributed by atoms with Crippen molar-refractivity contribution in [3.05, 3.63) is 29.8 Å². The maximum absolute atomic E-state index is 11.5. The van der Waals surface area contributed by atoms with Crippen LogP contribution in [0.3, 0.4) is 0 Å². The molecule has 0 spiro atoms. The second kappa shape index (κ2) is 8.55. The topological polar surface area (TPSA) is 71.2 Å². The maximum atomic E-state index is 11.5. The van der Waals surface area contributed by atoms with Crippen molar-refractivity contribution in [2.75, 3.05) is 31.1 Å². The summed E-state index contributed by atoms with van der Waals surface area (Å²) in [5.74, 6) is 1.31. The molecule has 0 saturated carbocycles. The van der Waals surface area contributed by atoms with Gasteiger partial charge in [0, 0.05) is 18.8 Å². The van der Waals surface area contributed by atoms with Gasteiger partial charge in [0.15, 0.2) is 5.96 Å². The molecule has 6 nitrogen and oxygen atoms in total. The first-order valence-electron chi connectivity index (χ1n) is 8.21. The summed E-state index contributed by atoms with van der Waals surface area (Å²) in [5, 5.41) is 0. The van der Waals surface area contributed by atoms with Crippen molar-refractivity contribution in [2.24, 2.45) is 16.6 Å². The molecule has 1 amide bonds. The number of cyclic esters (lactones) is 1. The molecule has 1 aromatic carbocycles. The zero-order chi connectivity index (χ0) is 16.2. The maximum Gasteiger partial charge on any atom is 0.414 e. The Hall–Kier alpha value is -1.51. The number of nitrogens with zero attached hydrogens (tertiary/aromatic N) is 3. The van der Waals surface area contributed by atoms with Crippen molar-refractivity contribution >= 4 is 41.7 Å². The molecule has 0 bridgehead atoms. The summed E-state index contributed by atoms with van der Waals surface area (Å²) in [5.41, 5.74) is 8.05. The Morgan fingerprint density at radius 2 is 2.08 bits per heavy atom. The number of carbonyl (C=O) groups excluding carboxylic acids is 1. The van der Waals surface area contributed by atoms with Crippen LogP contribution < -0.4 is 10.6 Å². The summed E-state index contributed by atoms with van der Waals surface area (Å²) in [6, 6.07) is 7.82. The van der Waals surface area contributed by atoms with E-state index in [0.717, 1.165) is 24.3 Å². The molecule has 0 aromatic heterocycles. The van der Waals surface area contributed by atoms with Gasteiger partial charge in [-0.3, -0.25) is 4.90 Å². The quantitative estimate of drug-likeness (QED) is 0.442. The summed E-state index contributed by atoms with van der Waals surface area (Å²) in [6.07, 6.45) is 2.17. The number of hydrogen-bond acceptors (Lipinski definition) is 3. The molecule has 1 atom stereocenters. The first-order chi connectivity index (χ1) is 11.1. The Labute approximate surface area is 160 Å². The van der Waals surface area contributed by atoms with Gasteiger partial charge < -0.3 is 15.4 Å². The first kappa shape index (κ1) is 18.8. The van der Waals surface area contributed by atoms with Crippen LogP contribution in [0.2, 0.25) is 0 Å². The molecule has 2 aliphatic rings. The fraction of sp³-hybridized carbons (Fsp3) is 0.529. The Morgan fingerprint density at radius 3 is 2.71 bits per heavy atom. The lowest BCUT2D eigenvalue weighted by molar-refractivity contribution is 0.181. The van der Waals surface area contributed by atoms with Crippen LogP contribution in [0.4, 0.5) is 10.5 Å². The molecule has 1 aromatic rings. The van der Waals surface area contributed by atoms with Gasteiger partial charge in [0.1, 0.15) is 6.61 Å². The number of anilines is 1. The van der Waals surface area contributed by atoms with Crippen molar-refractivity contribution in [1.82, 2.24) is 4.90 Å². The largest absolute Gasteiger partial charge is 0.447 e. The normalized spacial score (nSPS) is 21.5. The van der Waals surface area contributed by atoms with Crippen LogP contribution in [-0.4, -0.2) is 43.2 Å². The van der Waals surface area contributed by atoms with Gasteiger partial charge in [-0.25, -0.2) is 9.79 Å². The number of carbonyl (C=O) groups is 1. The van der Waals surface area contributed by atoms with Crippen LogP contribution in [0, 0.1) is 5.92 Å². The number of aliphatic imine (C=N–C) groups is 1. The van der Waals surface area contributed by atoms with Crippen LogP contribution in [0.25, 0.3) is 0 Å². The van der Waals surface area contributed by atoms with Gasteiger partial charge in [-0.05, 0) is 36.5 Å². The van der Waals surface area contributed by atoms with Crippen molar-refractivity contribution in [2.45, 2.75) is 26.3 Å². The van der Waals surface area contributed by atoms with Gasteiger partial charge in [0.25, 0.3) is 0 Å². The number of rotatable bonds is 3. The lowest BCUT2D eigenvalue weighted by Gasteiger charge is -2.31. The molecule has 1 unspecified atom stereocenters. The smallest absolute Gasteiger partial charge is 0.414 e. The second-order valence-electron chi connectivity index (χ2n) is 6.30. The number of piperidine rings is 1. The predicted octanol–water partition coefficient (Wildman–Crippen LogP) is 2.81. The van der Waals surface area contributed by atoms with E-state index in [4.69, 9.17) is 10.5 Å². The Bertz CT molecular complexity index is 591. The van der Waals surface area contributed by atoms with Crippen LogP contribution in [0.1, 0.15) is 25.3 Å². The third-order valence-electron chi connectivity index (χ3n) is 4.41. The van der Waals surface area contributed by atoms with E-state index in [1.165, 1.54) is 12.8 Å². The monoisotopic (exact) mass is 444 g/mol. The molecule has 2 saturated heterocycles. The van der Waals surface area contributed by atoms with E-state index in [1.807, 2.05) is 24.3 Å². The number of guanidine groups is 1. The number of halogens is 1. The minimum atomic E-state index is -0.278. The predicted molar refractivity (Wildman–Crippen MR) is 106 cm³/mol. The zero-order valence-electron chi connectivity index (χ0n) is 14.0. The van der Waals surface area contributed by atoms with Gasteiger partial charge in [0.2, 0.25) is 0 Å². The zero-order valence-corrected chi connectivity index (χ0v) is 16.3. The number of amides is 1. The van der Waals surface area contributed by atoms with Gasteiger partial charge in [0.05, 0.1) is 13.1 Å². The highest BCUT2D eigenvalue weighted by Crippen LogP contribution is 2.20. The minimum Gasteiger partial charge on any atom is -0.447 e. The van der Waals surface area contributed by atoms with E-state index in [1.54, 1.807) is 4.90 Å². The van der Waals surface area contributed by atoms with Gasteiger partial charge in [-0.2, -0.15) is 0 Å². The molecule has 0 radical (unpaired) electrons. The molecule has 7 heteroatoms. The van der Waals surface area contributed by atoms with Crippen LogP contribution >= 0.6 is 24.0 Å². The third-order valence-corrected chi connectivity index (χ3v) is 4.41. The number of hydrogen-bond donors (Lipinski definition) is 1. The fourth-order valence-corrected chi connectivity index (χ4v) is 3.08. The molecule has 3 rings (SSSR count). The fourth-order valence-electron chi connectivity index (χ4n) is 3.08. The lowest BCUT2D eigenvalue weighted by atomic mass is 10.0. The highest BCUT2D eigenvalue weighted by molar-refractivity contribution is 14.0. The molecule has 132 valence electrons. The summed E-state index contributed by atoms with van der Waals surface area (Å²) < 4.78 is 4.95. The summed E-state index contributed by atoms with van der Waals surface area (Å²) in [7, 11) is 0. The highest BCUT2D eigenvalue weighted by Gasteiger charge is 2.23. The van der Waals surface area contributed by atoms with Crippen molar-refractivity contribution in [3.8, 4) is 0 Å². The van der Waals surface area contributed by atoms with Crippen LogP contribution in [0.5, 0.6) is 0 Å². The minimum absolute atomic E-state index is 0.